The lowest BCUT2D eigenvalue weighted by atomic mass is 10.1. The molecule has 6 heteroatoms. The number of likely N-dealkylation sites (tertiary alicyclic amines) is 1. The van der Waals surface area contributed by atoms with E-state index in [1.165, 1.54) is 30.6 Å². The summed E-state index contributed by atoms with van der Waals surface area (Å²) in [6, 6.07) is 3.60. The van der Waals surface area contributed by atoms with Crippen LogP contribution in [0.1, 0.15) is 33.9 Å². The summed E-state index contributed by atoms with van der Waals surface area (Å²) in [5.41, 5.74) is 1.38. The number of carbonyl (C=O) groups is 1. The maximum absolute atomic E-state index is 11.5. The van der Waals surface area contributed by atoms with E-state index in [0.717, 1.165) is 36.6 Å². The molecule has 0 atom stereocenters. The van der Waals surface area contributed by atoms with Crippen LogP contribution in [0.2, 0.25) is 0 Å². The van der Waals surface area contributed by atoms with Gasteiger partial charge in [0.25, 0.3) is 0 Å². The molecule has 0 saturated carbocycles. The van der Waals surface area contributed by atoms with Gasteiger partial charge in [0.15, 0.2) is 0 Å². The molecule has 0 aromatic carbocycles. The Morgan fingerprint density at radius 3 is 2.64 bits per heavy atom. The first-order chi connectivity index (χ1) is 10.7. The Kier molecular flexibility index (Phi) is 4.80. The first-order valence-corrected chi connectivity index (χ1v) is 8.41. The van der Waals surface area contributed by atoms with Gasteiger partial charge < -0.3 is 10.0 Å². The molecule has 5 nitrogen and oxygen atoms in total. The van der Waals surface area contributed by atoms with Crippen LogP contribution in [-0.2, 0) is 6.42 Å². The Bertz CT molecular complexity index is 636. The van der Waals surface area contributed by atoms with Gasteiger partial charge in [-0.3, -0.25) is 4.98 Å². The summed E-state index contributed by atoms with van der Waals surface area (Å²) in [6.07, 6.45) is 7.99. The van der Waals surface area contributed by atoms with Crippen molar-refractivity contribution in [2.24, 2.45) is 0 Å². The van der Waals surface area contributed by atoms with E-state index in [2.05, 4.69) is 14.9 Å². The van der Waals surface area contributed by atoms with Crippen molar-refractivity contribution in [3.63, 3.8) is 0 Å². The van der Waals surface area contributed by atoms with Crippen LogP contribution in [-0.4, -0.2) is 45.6 Å². The number of aromatic carboxylic acids is 1. The van der Waals surface area contributed by atoms with Crippen LogP contribution in [0.15, 0.2) is 24.5 Å². The molecule has 0 bridgehead atoms. The van der Waals surface area contributed by atoms with E-state index in [9.17, 15) is 9.90 Å². The predicted molar refractivity (Wildman–Crippen MR) is 86.3 cm³/mol. The van der Waals surface area contributed by atoms with Crippen molar-refractivity contribution in [2.45, 2.75) is 25.7 Å². The van der Waals surface area contributed by atoms with Crippen LogP contribution in [0.25, 0.3) is 11.3 Å². The lowest BCUT2D eigenvalue weighted by Crippen LogP contribution is -2.31. The van der Waals surface area contributed by atoms with Crippen molar-refractivity contribution in [2.75, 3.05) is 19.6 Å². The van der Waals surface area contributed by atoms with E-state index in [0.29, 0.717) is 10.6 Å². The van der Waals surface area contributed by atoms with Crippen LogP contribution >= 0.6 is 11.3 Å². The lowest BCUT2D eigenvalue weighted by molar-refractivity contribution is 0.0702. The summed E-state index contributed by atoms with van der Waals surface area (Å²) in [5, 5.41) is 10.3. The lowest BCUT2D eigenvalue weighted by Gasteiger charge is -2.25. The highest BCUT2D eigenvalue weighted by Crippen LogP contribution is 2.28. The zero-order valence-electron chi connectivity index (χ0n) is 12.4. The first-order valence-electron chi connectivity index (χ1n) is 7.60. The molecule has 0 amide bonds. The number of aromatic nitrogens is 2. The van der Waals surface area contributed by atoms with Gasteiger partial charge in [-0.1, -0.05) is 6.42 Å². The van der Waals surface area contributed by atoms with Gasteiger partial charge in [0, 0.05) is 30.9 Å². The molecule has 0 spiro atoms. The average Bonchev–Trinajstić information content (AvgIpc) is 2.99. The summed E-state index contributed by atoms with van der Waals surface area (Å²) < 4.78 is 0. The Hall–Kier alpha value is -1.79. The molecule has 0 aliphatic carbocycles. The fourth-order valence-corrected chi connectivity index (χ4v) is 3.67. The molecule has 2 aromatic heterocycles. The van der Waals surface area contributed by atoms with Crippen molar-refractivity contribution in [1.29, 1.82) is 0 Å². The number of hydrogen-bond acceptors (Lipinski definition) is 5. The molecule has 0 radical (unpaired) electrons. The van der Waals surface area contributed by atoms with E-state index < -0.39 is 5.97 Å². The number of pyridine rings is 1. The van der Waals surface area contributed by atoms with Crippen molar-refractivity contribution in [3.8, 4) is 11.3 Å². The molecule has 1 saturated heterocycles. The summed E-state index contributed by atoms with van der Waals surface area (Å²) in [5.74, 6) is -0.909. The number of carboxylic acids is 1. The van der Waals surface area contributed by atoms with Crippen LogP contribution in [0, 0.1) is 0 Å². The van der Waals surface area contributed by atoms with Crippen molar-refractivity contribution in [3.05, 3.63) is 34.4 Å². The maximum atomic E-state index is 11.5. The van der Waals surface area contributed by atoms with E-state index in [1.54, 1.807) is 24.5 Å². The molecule has 22 heavy (non-hydrogen) atoms. The van der Waals surface area contributed by atoms with E-state index in [4.69, 9.17) is 0 Å². The summed E-state index contributed by atoms with van der Waals surface area (Å²) in [7, 11) is 0. The molecule has 0 unspecified atom stereocenters. The molecular formula is C16H19N3O2S. The first kappa shape index (κ1) is 15.1. The molecule has 3 rings (SSSR count). The third-order valence-electron chi connectivity index (χ3n) is 3.91. The third-order valence-corrected chi connectivity index (χ3v) is 5.01. The number of carboxylic acid groups (broad SMARTS) is 1. The van der Waals surface area contributed by atoms with Gasteiger partial charge in [0.2, 0.25) is 0 Å². The topological polar surface area (TPSA) is 66.3 Å². The van der Waals surface area contributed by atoms with Crippen molar-refractivity contribution < 1.29 is 9.90 Å². The molecule has 1 fully saturated rings. The highest BCUT2D eigenvalue weighted by atomic mass is 32.1. The van der Waals surface area contributed by atoms with E-state index in [1.807, 2.05) is 0 Å². The van der Waals surface area contributed by atoms with Gasteiger partial charge in [-0.25, -0.2) is 9.78 Å². The van der Waals surface area contributed by atoms with E-state index >= 15 is 0 Å². The average molecular weight is 317 g/mol. The second kappa shape index (κ2) is 6.98. The standard InChI is InChI=1S/C16H19N3O2S/c20-16(21)15-14(12-4-7-17-8-5-12)18-13(22-15)6-11-19-9-2-1-3-10-19/h4-5,7-8H,1-3,6,9-11H2,(H,20,21). The summed E-state index contributed by atoms with van der Waals surface area (Å²) in [6.45, 7) is 3.26. The Balaban J connectivity index is 1.76. The smallest absolute Gasteiger partial charge is 0.348 e. The number of rotatable bonds is 5. The largest absolute Gasteiger partial charge is 0.477 e. The fraction of sp³-hybridized carbons (Fsp3) is 0.438. The number of nitrogens with zero attached hydrogens (tertiary/aromatic N) is 3. The normalized spacial score (nSPS) is 15.8. The Morgan fingerprint density at radius 1 is 1.23 bits per heavy atom. The number of thiazole rings is 1. The minimum Gasteiger partial charge on any atom is -0.477 e. The molecule has 3 heterocycles. The van der Waals surface area contributed by atoms with Gasteiger partial charge >= 0.3 is 5.97 Å². The van der Waals surface area contributed by atoms with Crippen LogP contribution in [0.5, 0.6) is 0 Å². The van der Waals surface area contributed by atoms with Crippen molar-refractivity contribution >= 4 is 17.3 Å². The summed E-state index contributed by atoms with van der Waals surface area (Å²) in [4.78, 5) is 22.8. The van der Waals surface area contributed by atoms with Gasteiger partial charge in [-0.15, -0.1) is 11.3 Å². The molecule has 2 aromatic rings. The molecule has 1 N–H and O–H groups in total. The zero-order chi connectivity index (χ0) is 15.4. The second-order valence-electron chi connectivity index (χ2n) is 5.48. The molecule has 1 aliphatic rings. The molecule has 1 aliphatic heterocycles. The fourth-order valence-electron chi connectivity index (χ4n) is 2.76. The maximum Gasteiger partial charge on any atom is 0.348 e. The van der Waals surface area contributed by atoms with Gasteiger partial charge in [-0.2, -0.15) is 0 Å². The third kappa shape index (κ3) is 3.51. The highest BCUT2D eigenvalue weighted by molar-refractivity contribution is 7.14. The van der Waals surface area contributed by atoms with Crippen molar-refractivity contribution in [1.82, 2.24) is 14.9 Å². The minimum absolute atomic E-state index is 0.319. The Labute approximate surface area is 133 Å². The zero-order valence-corrected chi connectivity index (χ0v) is 13.2. The molecule has 116 valence electrons. The SMILES string of the molecule is O=C(O)c1sc(CCN2CCCCC2)nc1-c1ccncc1. The van der Waals surface area contributed by atoms with Gasteiger partial charge in [0.05, 0.1) is 10.7 Å². The highest BCUT2D eigenvalue weighted by Gasteiger charge is 2.19. The monoisotopic (exact) mass is 317 g/mol. The van der Waals surface area contributed by atoms with Crippen LogP contribution in [0.3, 0.4) is 0 Å². The predicted octanol–water partition coefficient (Wildman–Crippen LogP) is 2.93. The summed E-state index contributed by atoms with van der Waals surface area (Å²) >= 11 is 1.29. The van der Waals surface area contributed by atoms with Crippen LogP contribution in [0.4, 0.5) is 0 Å². The van der Waals surface area contributed by atoms with E-state index in [-0.39, 0.29) is 0 Å². The minimum atomic E-state index is -0.909. The number of hydrogen-bond donors (Lipinski definition) is 1. The number of piperidine rings is 1. The van der Waals surface area contributed by atoms with Crippen LogP contribution < -0.4 is 0 Å². The van der Waals surface area contributed by atoms with Gasteiger partial charge in [0.1, 0.15) is 4.88 Å². The molecular weight excluding hydrogens is 298 g/mol. The van der Waals surface area contributed by atoms with Gasteiger partial charge in [-0.05, 0) is 38.1 Å². The quantitative estimate of drug-likeness (QED) is 0.918. The second-order valence-corrected chi connectivity index (χ2v) is 6.56. The Morgan fingerprint density at radius 2 is 1.95 bits per heavy atom.